The van der Waals surface area contributed by atoms with Gasteiger partial charge in [-0.15, -0.1) is 11.3 Å². The topological polar surface area (TPSA) is 71.5 Å². The van der Waals surface area contributed by atoms with E-state index in [4.69, 9.17) is 4.74 Å². The number of rotatable bonds is 6. The Balaban J connectivity index is 1.37. The summed E-state index contributed by atoms with van der Waals surface area (Å²) >= 11 is 1.41. The number of benzene rings is 1. The second kappa shape index (κ2) is 9.70. The standard InChI is InChI=1S/C23H22FN3O3S/c24-18-7-1-8-19(13-18)30-22-16(5-2-10-25-22)14-26-21(28)17-6-3-11-27(15-17)23(29)20-9-4-12-31-20/h1-2,4-5,7-10,12-13,17H,3,6,11,14-15H2,(H,26,28)/t17-/m0/s1. The van der Waals surface area contributed by atoms with Gasteiger partial charge < -0.3 is 15.0 Å². The predicted molar refractivity (Wildman–Crippen MR) is 116 cm³/mol. The number of halogens is 1. The van der Waals surface area contributed by atoms with Crippen molar-refractivity contribution in [3.8, 4) is 11.6 Å². The Kier molecular flexibility index (Phi) is 6.57. The Labute approximate surface area is 183 Å². The van der Waals surface area contributed by atoms with Crippen LogP contribution in [0.4, 0.5) is 4.39 Å². The van der Waals surface area contributed by atoms with E-state index in [1.165, 1.54) is 23.5 Å². The highest BCUT2D eigenvalue weighted by Crippen LogP contribution is 2.24. The Hall–Kier alpha value is -3.26. The minimum atomic E-state index is -0.401. The fourth-order valence-electron chi connectivity index (χ4n) is 3.55. The number of piperidine rings is 1. The van der Waals surface area contributed by atoms with Crippen molar-refractivity contribution in [3.05, 3.63) is 76.4 Å². The number of thiophene rings is 1. The van der Waals surface area contributed by atoms with Crippen LogP contribution in [0, 0.1) is 11.7 Å². The first-order valence-corrected chi connectivity index (χ1v) is 11.0. The summed E-state index contributed by atoms with van der Waals surface area (Å²) in [5.74, 6) is -0.147. The molecule has 0 spiro atoms. The molecule has 2 aromatic heterocycles. The number of hydrogen-bond donors (Lipinski definition) is 1. The molecule has 1 atom stereocenters. The molecule has 8 heteroatoms. The number of likely N-dealkylation sites (tertiary alicyclic amines) is 1. The van der Waals surface area contributed by atoms with Crippen LogP contribution in [0.25, 0.3) is 0 Å². The average molecular weight is 440 g/mol. The van der Waals surface area contributed by atoms with Crippen molar-refractivity contribution in [2.24, 2.45) is 5.92 Å². The van der Waals surface area contributed by atoms with Crippen molar-refractivity contribution in [2.45, 2.75) is 19.4 Å². The highest BCUT2D eigenvalue weighted by atomic mass is 32.1. The smallest absolute Gasteiger partial charge is 0.263 e. The van der Waals surface area contributed by atoms with Crippen LogP contribution in [0.5, 0.6) is 11.6 Å². The zero-order valence-corrected chi connectivity index (χ0v) is 17.6. The molecular formula is C23H22FN3O3S. The summed E-state index contributed by atoms with van der Waals surface area (Å²) in [6.07, 6.45) is 3.10. The zero-order chi connectivity index (χ0) is 21.6. The maximum atomic E-state index is 13.4. The molecule has 1 saturated heterocycles. The SMILES string of the molecule is O=C(NCc1cccnc1Oc1cccc(F)c1)[C@H]1CCCN(C(=O)c2cccs2)C1. The summed E-state index contributed by atoms with van der Waals surface area (Å²) in [6, 6.07) is 13.0. The maximum Gasteiger partial charge on any atom is 0.263 e. The first-order valence-electron chi connectivity index (χ1n) is 10.1. The van der Waals surface area contributed by atoms with Crippen LogP contribution >= 0.6 is 11.3 Å². The van der Waals surface area contributed by atoms with Gasteiger partial charge in [0.2, 0.25) is 11.8 Å². The van der Waals surface area contributed by atoms with Crippen LogP contribution in [-0.2, 0) is 11.3 Å². The second-order valence-electron chi connectivity index (χ2n) is 7.31. The fraction of sp³-hybridized carbons (Fsp3) is 0.261. The summed E-state index contributed by atoms with van der Waals surface area (Å²) in [7, 11) is 0. The summed E-state index contributed by atoms with van der Waals surface area (Å²) in [5, 5.41) is 4.81. The molecule has 0 saturated carbocycles. The summed E-state index contributed by atoms with van der Waals surface area (Å²) in [6.45, 7) is 1.30. The highest BCUT2D eigenvalue weighted by Gasteiger charge is 2.29. The number of carbonyl (C=O) groups is 2. The Morgan fingerprint density at radius 3 is 2.94 bits per heavy atom. The largest absolute Gasteiger partial charge is 0.439 e. The molecule has 1 fully saturated rings. The summed E-state index contributed by atoms with van der Waals surface area (Å²) in [5.41, 5.74) is 0.683. The highest BCUT2D eigenvalue weighted by molar-refractivity contribution is 7.12. The molecule has 4 rings (SSSR count). The normalized spacial score (nSPS) is 16.0. The van der Waals surface area contributed by atoms with Crippen LogP contribution < -0.4 is 10.1 Å². The quantitative estimate of drug-likeness (QED) is 0.624. The molecule has 1 aliphatic rings. The van der Waals surface area contributed by atoms with Crippen molar-refractivity contribution >= 4 is 23.2 Å². The van der Waals surface area contributed by atoms with Gasteiger partial charge in [-0.2, -0.15) is 0 Å². The van der Waals surface area contributed by atoms with Crippen molar-refractivity contribution in [1.29, 1.82) is 0 Å². The lowest BCUT2D eigenvalue weighted by molar-refractivity contribution is -0.126. The van der Waals surface area contributed by atoms with E-state index < -0.39 is 5.82 Å². The van der Waals surface area contributed by atoms with E-state index in [9.17, 15) is 14.0 Å². The molecule has 1 aliphatic heterocycles. The molecule has 1 N–H and O–H groups in total. The molecule has 1 aromatic carbocycles. The van der Waals surface area contributed by atoms with E-state index >= 15 is 0 Å². The monoisotopic (exact) mass is 439 g/mol. The zero-order valence-electron chi connectivity index (χ0n) is 16.8. The Morgan fingerprint density at radius 1 is 1.23 bits per heavy atom. The lowest BCUT2D eigenvalue weighted by Gasteiger charge is -2.31. The third-order valence-electron chi connectivity index (χ3n) is 5.12. The second-order valence-corrected chi connectivity index (χ2v) is 8.26. The lowest BCUT2D eigenvalue weighted by atomic mass is 9.97. The first-order chi connectivity index (χ1) is 15.1. The van der Waals surface area contributed by atoms with Gasteiger partial charge in [0.05, 0.1) is 10.8 Å². The molecule has 0 aliphatic carbocycles. The van der Waals surface area contributed by atoms with Gasteiger partial charge in [0, 0.05) is 37.5 Å². The van der Waals surface area contributed by atoms with Gasteiger partial charge in [-0.1, -0.05) is 18.2 Å². The number of nitrogens with one attached hydrogen (secondary N) is 1. The van der Waals surface area contributed by atoms with E-state index in [-0.39, 0.29) is 24.3 Å². The number of hydrogen-bond acceptors (Lipinski definition) is 5. The molecule has 2 amide bonds. The third kappa shape index (κ3) is 5.27. The van der Waals surface area contributed by atoms with Gasteiger partial charge >= 0.3 is 0 Å². The van der Waals surface area contributed by atoms with E-state index in [2.05, 4.69) is 10.3 Å². The van der Waals surface area contributed by atoms with Crippen LogP contribution in [0.1, 0.15) is 28.1 Å². The van der Waals surface area contributed by atoms with Crippen molar-refractivity contribution in [1.82, 2.24) is 15.2 Å². The molecule has 6 nitrogen and oxygen atoms in total. The minimum Gasteiger partial charge on any atom is -0.439 e. The average Bonchev–Trinajstić information content (AvgIpc) is 3.33. The van der Waals surface area contributed by atoms with Crippen LogP contribution in [0.3, 0.4) is 0 Å². The number of ether oxygens (including phenoxy) is 1. The number of nitrogens with zero attached hydrogens (tertiary/aromatic N) is 2. The minimum absolute atomic E-state index is 0.0226. The molecule has 31 heavy (non-hydrogen) atoms. The van der Waals surface area contributed by atoms with Gasteiger partial charge in [0.1, 0.15) is 11.6 Å². The van der Waals surface area contributed by atoms with Crippen molar-refractivity contribution in [3.63, 3.8) is 0 Å². The van der Waals surface area contributed by atoms with E-state index in [1.54, 1.807) is 41.4 Å². The molecule has 160 valence electrons. The number of aromatic nitrogens is 1. The Bertz CT molecular complexity index is 1060. The molecule has 3 heterocycles. The maximum absolute atomic E-state index is 13.4. The number of carbonyl (C=O) groups excluding carboxylic acids is 2. The number of amides is 2. The Morgan fingerprint density at radius 2 is 2.13 bits per heavy atom. The van der Waals surface area contributed by atoms with Crippen LogP contribution in [0.15, 0.2) is 60.1 Å². The summed E-state index contributed by atoms with van der Waals surface area (Å²) < 4.78 is 19.1. The third-order valence-corrected chi connectivity index (χ3v) is 5.98. The molecule has 0 radical (unpaired) electrons. The van der Waals surface area contributed by atoms with Crippen LogP contribution in [-0.4, -0.2) is 34.8 Å². The molecule has 0 bridgehead atoms. The predicted octanol–water partition coefficient (Wildman–Crippen LogP) is 4.24. The molecular weight excluding hydrogens is 417 g/mol. The lowest BCUT2D eigenvalue weighted by Crippen LogP contribution is -2.45. The van der Waals surface area contributed by atoms with Gasteiger partial charge in [0.25, 0.3) is 5.91 Å². The van der Waals surface area contributed by atoms with Gasteiger partial charge in [-0.25, -0.2) is 9.37 Å². The van der Waals surface area contributed by atoms with E-state index in [0.29, 0.717) is 35.2 Å². The fourth-order valence-corrected chi connectivity index (χ4v) is 4.24. The van der Waals surface area contributed by atoms with Gasteiger partial charge in [0.15, 0.2) is 0 Å². The number of pyridine rings is 1. The summed E-state index contributed by atoms with van der Waals surface area (Å²) in [4.78, 5) is 32.0. The van der Waals surface area contributed by atoms with Crippen molar-refractivity contribution < 1.29 is 18.7 Å². The molecule has 0 unspecified atom stereocenters. The molecule has 3 aromatic rings. The van der Waals surface area contributed by atoms with Gasteiger partial charge in [-0.05, 0) is 42.5 Å². The van der Waals surface area contributed by atoms with Gasteiger partial charge in [-0.3, -0.25) is 9.59 Å². The van der Waals surface area contributed by atoms with Crippen LogP contribution in [0.2, 0.25) is 0 Å². The van der Waals surface area contributed by atoms with E-state index in [1.807, 2.05) is 11.4 Å². The first kappa shape index (κ1) is 21.0. The van der Waals surface area contributed by atoms with E-state index in [0.717, 1.165) is 12.8 Å². The van der Waals surface area contributed by atoms with Crippen molar-refractivity contribution in [2.75, 3.05) is 13.1 Å².